The fraction of sp³-hybridized carbons (Fsp3) is 0.231. The predicted octanol–water partition coefficient (Wildman–Crippen LogP) is 6.10. The largest absolute Gasteiger partial charge is 0.388 e. The van der Waals surface area contributed by atoms with Crippen LogP contribution in [0.2, 0.25) is 0 Å². The van der Waals surface area contributed by atoms with Crippen molar-refractivity contribution in [3.63, 3.8) is 0 Å². The third-order valence-electron chi connectivity index (χ3n) is 5.31. The molecule has 0 unspecified atom stereocenters. The lowest BCUT2D eigenvalue weighted by molar-refractivity contribution is 0.506. The van der Waals surface area contributed by atoms with Gasteiger partial charge in [-0.1, -0.05) is 62.4 Å². The molecule has 2 atom stereocenters. The van der Waals surface area contributed by atoms with Crippen LogP contribution in [0.3, 0.4) is 0 Å². The molecule has 0 aliphatic heterocycles. The van der Waals surface area contributed by atoms with Crippen molar-refractivity contribution in [3.05, 3.63) is 95.1 Å². The maximum atomic E-state index is 8.59. The highest BCUT2D eigenvalue weighted by Crippen LogP contribution is 2.27. The zero-order valence-electron chi connectivity index (χ0n) is 17.2. The second kappa shape index (κ2) is 10.1. The van der Waals surface area contributed by atoms with E-state index in [9.17, 15) is 0 Å². The highest BCUT2D eigenvalue weighted by atomic mass is 16.5. The summed E-state index contributed by atoms with van der Waals surface area (Å²) in [5.41, 5.74) is 5.06. The zero-order valence-corrected chi connectivity index (χ0v) is 17.2. The van der Waals surface area contributed by atoms with E-state index < -0.39 is 0 Å². The van der Waals surface area contributed by atoms with E-state index >= 15 is 0 Å². The minimum absolute atomic E-state index is 0.377. The van der Waals surface area contributed by atoms with Gasteiger partial charge in [0.2, 0.25) is 0 Å². The summed E-state index contributed by atoms with van der Waals surface area (Å²) in [4.78, 5) is 0. The monoisotopic (exact) mass is 396 g/mol. The van der Waals surface area contributed by atoms with Crippen LogP contribution in [0, 0.1) is 23.0 Å². The smallest absolute Gasteiger partial charge is 0.292 e. The van der Waals surface area contributed by atoms with Crippen molar-refractivity contribution in [2.24, 2.45) is 0 Å². The van der Waals surface area contributed by atoms with Gasteiger partial charge in [0.1, 0.15) is 11.5 Å². The Kier molecular flexibility index (Phi) is 7.09. The normalized spacial score (nSPS) is 12.3. The number of ether oxygens (including phenoxy) is 2. The fourth-order valence-electron chi connectivity index (χ4n) is 3.61. The molecule has 3 aromatic carbocycles. The quantitative estimate of drug-likeness (QED) is 0.432. The van der Waals surface area contributed by atoms with Gasteiger partial charge in [0.15, 0.2) is 0 Å². The van der Waals surface area contributed by atoms with Crippen LogP contribution in [0.15, 0.2) is 72.8 Å². The van der Waals surface area contributed by atoms with Crippen molar-refractivity contribution in [2.45, 2.75) is 38.5 Å². The summed E-state index contributed by atoms with van der Waals surface area (Å²) in [5.74, 6) is 1.89. The molecular weight excluding hydrogens is 372 g/mol. The van der Waals surface area contributed by atoms with Gasteiger partial charge in [-0.2, -0.15) is 0 Å². The van der Waals surface area contributed by atoms with Crippen molar-refractivity contribution >= 4 is 0 Å². The summed E-state index contributed by atoms with van der Waals surface area (Å²) in [7, 11) is 0. The maximum absolute atomic E-state index is 8.59. The second-order valence-electron chi connectivity index (χ2n) is 7.56. The van der Waals surface area contributed by atoms with Crippen LogP contribution in [-0.2, 0) is 12.8 Å². The van der Waals surface area contributed by atoms with Gasteiger partial charge in [-0.25, -0.2) is 0 Å². The molecule has 0 aromatic heterocycles. The Labute approximate surface area is 177 Å². The number of nitriles is 2. The van der Waals surface area contributed by atoms with Crippen LogP contribution in [0.5, 0.6) is 11.5 Å². The van der Waals surface area contributed by atoms with Gasteiger partial charge in [0.25, 0.3) is 12.5 Å². The lowest BCUT2D eigenvalue weighted by Crippen LogP contribution is -2.03. The third kappa shape index (κ3) is 5.63. The summed E-state index contributed by atoms with van der Waals surface area (Å²) in [6, 6.07) is 24.2. The van der Waals surface area contributed by atoms with Gasteiger partial charge < -0.3 is 9.47 Å². The topological polar surface area (TPSA) is 66.0 Å². The minimum atomic E-state index is 0.377. The number of hydrogen-bond acceptors (Lipinski definition) is 4. The molecule has 0 bridgehead atoms. The molecule has 0 saturated carbocycles. The second-order valence-corrected chi connectivity index (χ2v) is 7.56. The Morgan fingerprint density at radius 2 is 1.07 bits per heavy atom. The number of nitrogens with zero attached hydrogens (tertiary/aromatic N) is 2. The molecule has 0 aliphatic carbocycles. The number of hydrogen-bond donors (Lipinski definition) is 0. The van der Waals surface area contributed by atoms with Crippen molar-refractivity contribution in [3.8, 4) is 24.0 Å². The summed E-state index contributed by atoms with van der Waals surface area (Å²) in [5, 5.41) is 17.2. The Morgan fingerprint density at radius 1 is 0.667 bits per heavy atom. The van der Waals surface area contributed by atoms with Gasteiger partial charge in [0, 0.05) is 0 Å². The van der Waals surface area contributed by atoms with E-state index in [0.29, 0.717) is 23.3 Å². The molecule has 30 heavy (non-hydrogen) atoms. The van der Waals surface area contributed by atoms with Crippen LogP contribution in [0.4, 0.5) is 0 Å². The Bertz CT molecular complexity index is 961. The first-order valence-electron chi connectivity index (χ1n) is 9.98. The van der Waals surface area contributed by atoms with Crippen molar-refractivity contribution < 1.29 is 9.47 Å². The molecule has 0 aliphatic rings. The summed E-state index contributed by atoms with van der Waals surface area (Å²) in [6.07, 6.45) is 5.23. The molecule has 0 fully saturated rings. The van der Waals surface area contributed by atoms with E-state index in [1.54, 1.807) is 12.5 Å². The van der Waals surface area contributed by atoms with E-state index in [1.807, 2.05) is 48.5 Å². The average molecular weight is 396 g/mol. The molecule has 0 amide bonds. The van der Waals surface area contributed by atoms with Crippen LogP contribution in [0.1, 0.15) is 47.9 Å². The molecule has 4 heteroatoms. The molecule has 0 saturated heterocycles. The van der Waals surface area contributed by atoms with Crippen molar-refractivity contribution in [2.75, 3.05) is 0 Å². The molecule has 4 nitrogen and oxygen atoms in total. The van der Waals surface area contributed by atoms with E-state index in [-0.39, 0.29) is 0 Å². The molecular formula is C26H24N2O2. The van der Waals surface area contributed by atoms with E-state index in [4.69, 9.17) is 20.0 Å². The SMILES string of the molecule is C[C@H](Cc1ccc(OC#N)cc1)c1cccc([C@@H](C)Cc2ccc(OC#N)cc2)c1. The molecule has 0 radical (unpaired) electrons. The van der Waals surface area contributed by atoms with E-state index in [1.165, 1.54) is 22.3 Å². The molecule has 3 rings (SSSR count). The van der Waals surface area contributed by atoms with Crippen LogP contribution >= 0.6 is 0 Å². The van der Waals surface area contributed by atoms with Gasteiger partial charge in [-0.15, -0.1) is 10.5 Å². The van der Waals surface area contributed by atoms with E-state index in [0.717, 1.165) is 12.8 Å². The fourth-order valence-corrected chi connectivity index (χ4v) is 3.61. The Balaban J connectivity index is 1.65. The van der Waals surface area contributed by atoms with Gasteiger partial charge in [-0.3, -0.25) is 0 Å². The number of benzene rings is 3. The molecule has 150 valence electrons. The summed E-state index contributed by atoms with van der Waals surface area (Å²) >= 11 is 0. The van der Waals surface area contributed by atoms with Gasteiger partial charge in [0.05, 0.1) is 0 Å². The highest BCUT2D eigenvalue weighted by Gasteiger charge is 2.12. The Morgan fingerprint density at radius 3 is 1.43 bits per heavy atom. The first kappa shape index (κ1) is 21.0. The highest BCUT2D eigenvalue weighted by molar-refractivity contribution is 5.34. The maximum Gasteiger partial charge on any atom is 0.292 e. The summed E-state index contributed by atoms with van der Waals surface area (Å²) < 4.78 is 9.69. The first-order chi connectivity index (χ1) is 14.6. The number of rotatable bonds is 8. The van der Waals surface area contributed by atoms with Crippen LogP contribution in [-0.4, -0.2) is 0 Å². The van der Waals surface area contributed by atoms with Gasteiger partial charge in [-0.05, 0) is 71.2 Å². The van der Waals surface area contributed by atoms with Crippen molar-refractivity contribution in [1.82, 2.24) is 0 Å². The van der Waals surface area contributed by atoms with Crippen LogP contribution < -0.4 is 9.47 Å². The predicted molar refractivity (Wildman–Crippen MR) is 116 cm³/mol. The zero-order chi connectivity index (χ0) is 21.3. The lowest BCUT2D eigenvalue weighted by Gasteiger charge is -2.17. The van der Waals surface area contributed by atoms with Gasteiger partial charge >= 0.3 is 0 Å². The molecule has 0 heterocycles. The van der Waals surface area contributed by atoms with Crippen molar-refractivity contribution in [1.29, 1.82) is 10.5 Å². The third-order valence-corrected chi connectivity index (χ3v) is 5.31. The standard InChI is InChI=1S/C26H24N2O2/c1-19(14-21-6-10-25(11-7-21)29-17-27)23-4-3-5-24(16-23)20(2)15-22-8-12-26(13-9-22)30-18-28/h3-13,16,19-20H,14-15H2,1-2H3/t19-,20+. The Hall–Kier alpha value is -3.76. The molecule has 0 N–H and O–H groups in total. The summed E-state index contributed by atoms with van der Waals surface area (Å²) in [6.45, 7) is 4.47. The molecule has 3 aromatic rings. The first-order valence-corrected chi connectivity index (χ1v) is 9.98. The molecule has 0 spiro atoms. The van der Waals surface area contributed by atoms with Crippen LogP contribution in [0.25, 0.3) is 0 Å². The van der Waals surface area contributed by atoms with E-state index in [2.05, 4.69) is 38.1 Å². The minimum Gasteiger partial charge on any atom is -0.388 e. The average Bonchev–Trinajstić information content (AvgIpc) is 2.77. The lowest BCUT2D eigenvalue weighted by atomic mass is 9.88.